The fourth-order valence-electron chi connectivity index (χ4n) is 1.60. The summed E-state index contributed by atoms with van der Waals surface area (Å²) in [5.41, 5.74) is 6.72. The molecule has 1 rings (SSSR count). The average molecular weight is 289 g/mol. The van der Waals surface area contributed by atoms with Gasteiger partial charge in [-0.05, 0) is 25.4 Å². The van der Waals surface area contributed by atoms with Gasteiger partial charge in [0.1, 0.15) is 0 Å². The maximum Gasteiger partial charge on any atom is 0.185 e. The van der Waals surface area contributed by atoms with E-state index in [0.29, 0.717) is 19.2 Å². The molecule has 0 aliphatic rings. The van der Waals surface area contributed by atoms with Gasteiger partial charge in [-0.25, -0.2) is 4.98 Å². The van der Waals surface area contributed by atoms with Crippen LogP contribution in [0.1, 0.15) is 23.9 Å². The van der Waals surface area contributed by atoms with Gasteiger partial charge in [-0.3, -0.25) is 0 Å². The smallest absolute Gasteiger partial charge is 0.185 e. The SMILES string of the molecule is COCc1nc(N(C)C(C)CCSC)sc1CN. The molecule has 2 N–H and O–H groups in total. The fraction of sp³-hybridized carbons (Fsp3) is 0.750. The Hall–Kier alpha value is -0.300. The lowest BCUT2D eigenvalue weighted by molar-refractivity contribution is 0.181. The Morgan fingerprint density at radius 3 is 2.83 bits per heavy atom. The fourth-order valence-corrected chi connectivity index (χ4v) is 3.18. The second-order valence-corrected chi connectivity index (χ2v) is 6.29. The summed E-state index contributed by atoms with van der Waals surface area (Å²) in [5.74, 6) is 1.17. The minimum Gasteiger partial charge on any atom is -0.378 e. The molecule has 1 atom stereocenters. The van der Waals surface area contributed by atoms with Crippen LogP contribution in [0.4, 0.5) is 5.13 Å². The van der Waals surface area contributed by atoms with E-state index in [0.717, 1.165) is 22.1 Å². The maximum absolute atomic E-state index is 5.74. The van der Waals surface area contributed by atoms with Gasteiger partial charge in [-0.2, -0.15) is 11.8 Å². The van der Waals surface area contributed by atoms with E-state index in [1.165, 1.54) is 5.75 Å². The minimum absolute atomic E-state index is 0.490. The van der Waals surface area contributed by atoms with Crippen LogP contribution in [0.3, 0.4) is 0 Å². The van der Waals surface area contributed by atoms with Crippen molar-refractivity contribution in [3.63, 3.8) is 0 Å². The number of nitrogens with zero attached hydrogens (tertiary/aromatic N) is 2. The number of ether oxygens (including phenoxy) is 1. The Bertz CT molecular complexity index is 357. The van der Waals surface area contributed by atoms with Gasteiger partial charge < -0.3 is 15.4 Å². The zero-order valence-electron chi connectivity index (χ0n) is 11.6. The van der Waals surface area contributed by atoms with Crippen LogP contribution in [-0.2, 0) is 17.9 Å². The third-order valence-corrected chi connectivity index (χ3v) is 4.79. The van der Waals surface area contributed by atoms with Crippen molar-refractivity contribution in [2.75, 3.05) is 31.1 Å². The monoisotopic (exact) mass is 289 g/mol. The van der Waals surface area contributed by atoms with Crippen LogP contribution in [0.2, 0.25) is 0 Å². The lowest BCUT2D eigenvalue weighted by Gasteiger charge is -2.23. The van der Waals surface area contributed by atoms with Crippen molar-refractivity contribution in [1.29, 1.82) is 0 Å². The zero-order valence-corrected chi connectivity index (χ0v) is 13.2. The molecular formula is C12H23N3OS2. The molecule has 0 bridgehead atoms. The van der Waals surface area contributed by atoms with E-state index < -0.39 is 0 Å². The highest BCUT2D eigenvalue weighted by molar-refractivity contribution is 7.98. The molecule has 0 aliphatic carbocycles. The summed E-state index contributed by atoms with van der Waals surface area (Å²) in [4.78, 5) is 7.99. The zero-order chi connectivity index (χ0) is 13.5. The predicted octanol–water partition coefficient (Wildman–Crippen LogP) is 2.33. The Kier molecular flexibility index (Phi) is 6.99. The molecule has 4 nitrogen and oxygen atoms in total. The summed E-state index contributed by atoms with van der Waals surface area (Å²) in [5, 5.41) is 1.04. The van der Waals surface area contributed by atoms with Crippen LogP contribution in [0.5, 0.6) is 0 Å². The van der Waals surface area contributed by atoms with Crippen LogP contribution < -0.4 is 10.6 Å². The van der Waals surface area contributed by atoms with Crippen molar-refractivity contribution >= 4 is 28.2 Å². The third-order valence-electron chi connectivity index (χ3n) is 2.94. The molecule has 1 unspecified atom stereocenters. The summed E-state index contributed by atoms with van der Waals surface area (Å²) >= 11 is 3.55. The van der Waals surface area contributed by atoms with Gasteiger partial charge in [0.05, 0.1) is 12.3 Å². The van der Waals surface area contributed by atoms with Gasteiger partial charge in [0.25, 0.3) is 0 Å². The summed E-state index contributed by atoms with van der Waals surface area (Å²) in [6.07, 6.45) is 3.30. The molecule has 0 amide bonds. The van der Waals surface area contributed by atoms with Crippen LogP contribution in [0.15, 0.2) is 0 Å². The molecule has 6 heteroatoms. The molecule has 0 aliphatic heterocycles. The highest BCUT2D eigenvalue weighted by atomic mass is 32.2. The number of hydrogen-bond donors (Lipinski definition) is 1. The summed E-state index contributed by atoms with van der Waals surface area (Å²) in [6.45, 7) is 3.30. The van der Waals surface area contributed by atoms with Crippen molar-refractivity contribution in [3.05, 3.63) is 10.6 Å². The molecular weight excluding hydrogens is 266 g/mol. The highest BCUT2D eigenvalue weighted by Crippen LogP contribution is 2.27. The van der Waals surface area contributed by atoms with Crippen LogP contribution in [0, 0.1) is 0 Å². The molecule has 0 radical (unpaired) electrons. The molecule has 0 fully saturated rings. The second-order valence-electron chi connectivity index (χ2n) is 4.24. The van der Waals surface area contributed by atoms with Gasteiger partial charge in [0, 0.05) is 31.6 Å². The van der Waals surface area contributed by atoms with Crippen molar-refractivity contribution in [3.8, 4) is 0 Å². The number of methoxy groups -OCH3 is 1. The van der Waals surface area contributed by atoms with Gasteiger partial charge >= 0.3 is 0 Å². The van der Waals surface area contributed by atoms with Gasteiger partial charge in [-0.15, -0.1) is 11.3 Å². The molecule has 0 saturated heterocycles. The first-order valence-corrected chi connectivity index (χ1v) is 8.24. The Labute approximate surface area is 118 Å². The first-order chi connectivity index (χ1) is 8.63. The van der Waals surface area contributed by atoms with E-state index in [4.69, 9.17) is 10.5 Å². The normalized spacial score (nSPS) is 12.7. The highest BCUT2D eigenvalue weighted by Gasteiger charge is 2.16. The summed E-state index contributed by atoms with van der Waals surface area (Å²) in [7, 11) is 3.78. The van der Waals surface area contributed by atoms with Crippen molar-refractivity contribution in [1.82, 2.24) is 4.98 Å². The topological polar surface area (TPSA) is 51.4 Å². The van der Waals surface area contributed by atoms with Crippen molar-refractivity contribution in [2.24, 2.45) is 5.73 Å². The van der Waals surface area contributed by atoms with Gasteiger partial charge in [0.2, 0.25) is 0 Å². The summed E-state index contributed by atoms with van der Waals surface area (Å²) < 4.78 is 5.16. The lowest BCUT2D eigenvalue weighted by Crippen LogP contribution is -2.29. The van der Waals surface area contributed by atoms with Gasteiger partial charge in [-0.1, -0.05) is 0 Å². The molecule has 1 heterocycles. The Balaban J connectivity index is 2.75. The maximum atomic E-state index is 5.74. The second kappa shape index (κ2) is 7.99. The number of hydrogen-bond acceptors (Lipinski definition) is 6. The molecule has 104 valence electrons. The molecule has 0 saturated carbocycles. The standard InChI is InChI=1S/C12H23N3OS2/c1-9(5-6-17-4)15(2)12-14-10(8-16-3)11(7-13)18-12/h9H,5-8,13H2,1-4H3. The van der Waals surface area contributed by atoms with Gasteiger partial charge in [0.15, 0.2) is 5.13 Å². The van der Waals surface area contributed by atoms with E-state index in [9.17, 15) is 0 Å². The number of nitrogens with two attached hydrogens (primary N) is 1. The van der Waals surface area contributed by atoms with Crippen LogP contribution in [-0.4, -0.2) is 37.2 Å². The molecule has 0 spiro atoms. The number of thiazole rings is 1. The summed E-state index contributed by atoms with van der Waals surface area (Å²) in [6, 6.07) is 0.490. The van der Waals surface area contributed by atoms with E-state index in [1.54, 1.807) is 18.4 Å². The Morgan fingerprint density at radius 2 is 2.28 bits per heavy atom. The third kappa shape index (κ3) is 4.12. The predicted molar refractivity (Wildman–Crippen MR) is 81.6 cm³/mol. The van der Waals surface area contributed by atoms with Crippen molar-refractivity contribution in [2.45, 2.75) is 32.5 Å². The Morgan fingerprint density at radius 1 is 1.56 bits per heavy atom. The molecule has 1 aromatic heterocycles. The number of thioether (sulfide) groups is 1. The minimum atomic E-state index is 0.490. The van der Waals surface area contributed by atoms with E-state index in [-0.39, 0.29) is 0 Å². The van der Waals surface area contributed by atoms with Crippen LogP contribution >= 0.6 is 23.1 Å². The van der Waals surface area contributed by atoms with E-state index >= 15 is 0 Å². The number of anilines is 1. The first-order valence-electron chi connectivity index (χ1n) is 6.03. The largest absolute Gasteiger partial charge is 0.378 e. The first kappa shape index (κ1) is 15.8. The van der Waals surface area contributed by atoms with E-state index in [2.05, 4.69) is 30.1 Å². The number of rotatable bonds is 8. The average Bonchev–Trinajstić information content (AvgIpc) is 2.78. The van der Waals surface area contributed by atoms with Crippen LogP contribution in [0.25, 0.3) is 0 Å². The number of aromatic nitrogens is 1. The van der Waals surface area contributed by atoms with Crippen molar-refractivity contribution < 1.29 is 4.74 Å². The molecule has 0 aromatic carbocycles. The quantitative estimate of drug-likeness (QED) is 0.796. The van der Waals surface area contributed by atoms with E-state index in [1.807, 2.05) is 11.8 Å². The molecule has 18 heavy (non-hydrogen) atoms. The lowest BCUT2D eigenvalue weighted by atomic mass is 10.2. The molecule has 1 aromatic rings.